The highest BCUT2D eigenvalue weighted by molar-refractivity contribution is 7.99. The van der Waals surface area contributed by atoms with Gasteiger partial charge in [0.25, 0.3) is 5.22 Å². The van der Waals surface area contributed by atoms with E-state index in [4.69, 9.17) is 18.9 Å². The highest BCUT2D eigenvalue weighted by Gasteiger charge is 2.27. The van der Waals surface area contributed by atoms with Crippen LogP contribution >= 0.6 is 23.1 Å². The second kappa shape index (κ2) is 8.68. The zero-order valence-corrected chi connectivity index (χ0v) is 19.2. The molecule has 2 aliphatic heterocycles. The maximum Gasteiger partial charge on any atom is 0.277 e. The fourth-order valence-corrected chi connectivity index (χ4v) is 5.86. The minimum Gasteiger partial charge on any atom is -0.454 e. The summed E-state index contributed by atoms with van der Waals surface area (Å²) in [5.74, 6) is 2.36. The van der Waals surface area contributed by atoms with E-state index in [0.717, 1.165) is 35.5 Å². The molecule has 1 atom stereocenters. The van der Waals surface area contributed by atoms with Gasteiger partial charge < -0.3 is 18.8 Å². The summed E-state index contributed by atoms with van der Waals surface area (Å²) in [6.07, 6.45) is 2.03. The molecular formula is C23H20N4O4S2. The van der Waals surface area contributed by atoms with Gasteiger partial charge in [0, 0.05) is 24.6 Å². The third-order valence-electron chi connectivity index (χ3n) is 5.78. The van der Waals surface area contributed by atoms with Crippen molar-refractivity contribution in [2.24, 2.45) is 0 Å². The summed E-state index contributed by atoms with van der Waals surface area (Å²) < 4.78 is 17.7. The number of piperidine rings is 1. The Labute approximate surface area is 197 Å². The number of carbonyl (C=O) groups is 1. The minimum absolute atomic E-state index is 0.0774. The van der Waals surface area contributed by atoms with Gasteiger partial charge in [0.15, 0.2) is 11.5 Å². The van der Waals surface area contributed by atoms with E-state index in [1.165, 1.54) is 16.5 Å². The molecular weight excluding hydrogens is 460 g/mol. The SMILES string of the molecule is O=C(CSc1nnc(-c2ccc3c(c2)OCO3)o1)N1CCC[C@@H](c2nc3ccccc3s2)C1. The third-order valence-corrected chi connectivity index (χ3v) is 7.78. The first-order valence-corrected chi connectivity index (χ1v) is 12.5. The van der Waals surface area contributed by atoms with Gasteiger partial charge in [-0.15, -0.1) is 21.5 Å². The molecule has 33 heavy (non-hydrogen) atoms. The predicted molar refractivity (Wildman–Crippen MR) is 125 cm³/mol. The normalized spacial score (nSPS) is 17.6. The monoisotopic (exact) mass is 480 g/mol. The van der Waals surface area contributed by atoms with E-state index in [1.54, 1.807) is 11.3 Å². The number of aromatic nitrogens is 3. The Morgan fingerprint density at radius 1 is 1.15 bits per heavy atom. The molecule has 10 heteroatoms. The van der Waals surface area contributed by atoms with Crippen molar-refractivity contribution < 1.29 is 18.7 Å². The number of likely N-dealkylation sites (tertiary alicyclic amines) is 1. The van der Waals surface area contributed by atoms with Crippen molar-refractivity contribution in [2.75, 3.05) is 25.6 Å². The topological polar surface area (TPSA) is 90.6 Å². The van der Waals surface area contributed by atoms with Crippen LogP contribution in [0.2, 0.25) is 0 Å². The fourth-order valence-electron chi connectivity index (χ4n) is 4.10. The lowest BCUT2D eigenvalue weighted by atomic mass is 9.99. The van der Waals surface area contributed by atoms with Gasteiger partial charge >= 0.3 is 0 Å². The predicted octanol–water partition coefficient (Wildman–Crippen LogP) is 4.57. The molecule has 0 spiro atoms. The van der Waals surface area contributed by atoms with Crippen molar-refractivity contribution in [3.05, 3.63) is 47.5 Å². The molecule has 168 valence electrons. The maximum absolute atomic E-state index is 12.9. The highest BCUT2D eigenvalue weighted by atomic mass is 32.2. The molecule has 0 saturated carbocycles. The number of para-hydroxylation sites is 1. The van der Waals surface area contributed by atoms with Gasteiger partial charge in [-0.3, -0.25) is 4.79 Å². The quantitative estimate of drug-likeness (QED) is 0.384. The number of rotatable bonds is 5. The number of carbonyl (C=O) groups excluding carboxylic acids is 1. The number of fused-ring (bicyclic) bond motifs is 2. The Morgan fingerprint density at radius 2 is 2.06 bits per heavy atom. The number of hydrogen-bond acceptors (Lipinski definition) is 9. The Bertz CT molecular complexity index is 1290. The third kappa shape index (κ3) is 4.16. The van der Waals surface area contributed by atoms with E-state index in [9.17, 15) is 4.79 Å². The molecule has 0 unspecified atom stereocenters. The zero-order chi connectivity index (χ0) is 22.2. The zero-order valence-electron chi connectivity index (χ0n) is 17.6. The largest absolute Gasteiger partial charge is 0.454 e. The number of thioether (sulfide) groups is 1. The summed E-state index contributed by atoms with van der Waals surface area (Å²) in [6, 6.07) is 13.7. The lowest BCUT2D eigenvalue weighted by molar-refractivity contribution is -0.129. The summed E-state index contributed by atoms with van der Waals surface area (Å²) >= 11 is 2.99. The summed E-state index contributed by atoms with van der Waals surface area (Å²) in [5.41, 5.74) is 1.78. The second-order valence-electron chi connectivity index (χ2n) is 7.93. The van der Waals surface area contributed by atoms with E-state index in [1.807, 2.05) is 41.3 Å². The molecule has 2 aliphatic rings. The Kier molecular flexibility index (Phi) is 5.39. The first-order chi connectivity index (χ1) is 16.2. The van der Waals surface area contributed by atoms with Crippen molar-refractivity contribution in [1.82, 2.24) is 20.1 Å². The van der Waals surface area contributed by atoms with Crippen LogP contribution in [0.1, 0.15) is 23.8 Å². The average molecular weight is 481 g/mol. The van der Waals surface area contributed by atoms with Crippen LogP contribution in [0.5, 0.6) is 11.5 Å². The van der Waals surface area contributed by atoms with Gasteiger partial charge in [0.1, 0.15) is 0 Å². The number of hydrogen-bond donors (Lipinski definition) is 0. The maximum atomic E-state index is 12.9. The van der Waals surface area contributed by atoms with Crippen molar-refractivity contribution in [1.29, 1.82) is 0 Å². The van der Waals surface area contributed by atoms with Crippen molar-refractivity contribution >= 4 is 39.2 Å². The molecule has 4 heterocycles. The second-order valence-corrected chi connectivity index (χ2v) is 9.92. The smallest absolute Gasteiger partial charge is 0.277 e. The van der Waals surface area contributed by atoms with Crippen LogP contribution in [0, 0.1) is 0 Å². The fraction of sp³-hybridized carbons (Fsp3) is 0.304. The van der Waals surface area contributed by atoms with Crippen molar-refractivity contribution in [3.8, 4) is 23.0 Å². The summed E-state index contributed by atoms with van der Waals surface area (Å²) in [4.78, 5) is 19.6. The van der Waals surface area contributed by atoms with E-state index in [0.29, 0.717) is 29.2 Å². The van der Waals surface area contributed by atoms with Crippen LogP contribution < -0.4 is 9.47 Å². The van der Waals surface area contributed by atoms with Gasteiger partial charge in [-0.25, -0.2) is 4.98 Å². The van der Waals surface area contributed by atoms with Gasteiger partial charge in [-0.05, 0) is 43.2 Å². The lowest BCUT2D eigenvalue weighted by Gasteiger charge is -2.31. The van der Waals surface area contributed by atoms with Crippen molar-refractivity contribution in [2.45, 2.75) is 24.0 Å². The number of ether oxygens (including phenoxy) is 2. The van der Waals surface area contributed by atoms with E-state index in [-0.39, 0.29) is 24.4 Å². The molecule has 1 saturated heterocycles. The van der Waals surface area contributed by atoms with Crippen LogP contribution in [0.15, 0.2) is 52.1 Å². The Hall–Kier alpha value is -3.11. The Balaban J connectivity index is 1.08. The number of amides is 1. The molecule has 8 nitrogen and oxygen atoms in total. The molecule has 6 rings (SSSR count). The van der Waals surface area contributed by atoms with Crippen LogP contribution in [0.25, 0.3) is 21.7 Å². The summed E-state index contributed by atoms with van der Waals surface area (Å²) in [6.45, 7) is 1.68. The van der Waals surface area contributed by atoms with Gasteiger partial charge in [0.05, 0.1) is 21.0 Å². The lowest BCUT2D eigenvalue weighted by Crippen LogP contribution is -2.40. The summed E-state index contributed by atoms with van der Waals surface area (Å²) in [7, 11) is 0. The van der Waals surface area contributed by atoms with Crippen LogP contribution in [0.4, 0.5) is 0 Å². The van der Waals surface area contributed by atoms with Gasteiger partial charge in [0.2, 0.25) is 18.6 Å². The van der Waals surface area contributed by atoms with E-state index in [2.05, 4.69) is 16.3 Å². The number of nitrogens with zero attached hydrogens (tertiary/aromatic N) is 4. The van der Waals surface area contributed by atoms with E-state index >= 15 is 0 Å². The van der Waals surface area contributed by atoms with Crippen molar-refractivity contribution in [3.63, 3.8) is 0 Å². The number of thiazole rings is 1. The first-order valence-electron chi connectivity index (χ1n) is 10.7. The Morgan fingerprint density at radius 3 is 3.00 bits per heavy atom. The standard InChI is InChI=1S/C23H20N4O4S2/c28-20(27-9-3-4-15(11-27)22-24-16-5-1-2-6-19(16)33-22)12-32-23-26-25-21(31-23)14-7-8-17-18(10-14)30-13-29-17/h1-2,5-8,10,15H,3-4,9,11-13H2/t15-/m1/s1. The number of benzene rings is 2. The van der Waals surface area contributed by atoms with Gasteiger partial charge in [-0.2, -0.15) is 0 Å². The molecule has 0 N–H and O–H groups in total. The highest BCUT2D eigenvalue weighted by Crippen LogP contribution is 2.36. The molecule has 2 aromatic carbocycles. The average Bonchev–Trinajstić information content (AvgIpc) is 3.61. The molecule has 0 aliphatic carbocycles. The van der Waals surface area contributed by atoms with Gasteiger partial charge in [-0.1, -0.05) is 23.9 Å². The van der Waals surface area contributed by atoms with E-state index < -0.39 is 0 Å². The van der Waals surface area contributed by atoms with Crippen LogP contribution in [-0.2, 0) is 4.79 Å². The van der Waals surface area contributed by atoms with Crippen LogP contribution in [0.3, 0.4) is 0 Å². The molecule has 0 radical (unpaired) electrons. The summed E-state index contributed by atoms with van der Waals surface area (Å²) in [5, 5.41) is 9.68. The van der Waals surface area contributed by atoms with Crippen LogP contribution in [-0.4, -0.2) is 51.6 Å². The molecule has 2 aromatic heterocycles. The minimum atomic E-state index is 0.0774. The molecule has 4 aromatic rings. The molecule has 1 amide bonds. The molecule has 0 bridgehead atoms. The first kappa shape index (κ1) is 20.5. The molecule has 1 fully saturated rings.